The van der Waals surface area contributed by atoms with Crippen LogP contribution in [0.5, 0.6) is 0 Å². The molecule has 0 radical (unpaired) electrons. The summed E-state index contributed by atoms with van der Waals surface area (Å²) in [5.41, 5.74) is 5.87. The zero-order chi connectivity index (χ0) is 13.9. The molecular weight excluding hydrogens is 254 g/mol. The van der Waals surface area contributed by atoms with Crippen LogP contribution in [0.15, 0.2) is 12.4 Å². The maximum atomic E-state index is 12.3. The molecule has 1 aliphatic carbocycles. The van der Waals surface area contributed by atoms with Crippen molar-refractivity contribution < 1.29 is 4.79 Å². The standard InChI is InChI=1S/C14H21N5O/c15-13-10-16-12(9-17-13)14(20)19-7-5-18(6-8-19)11-3-1-2-4-11/h9-11H,1-8H2,(H2,15,17). The second-order valence-corrected chi connectivity index (χ2v) is 5.59. The van der Waals surface area contributed by atoms with Crippen LogP contribution in [-0.4, -0.2) is 57.9 Å². The quantitative estimate of drug-likeness (QED) is 0.862. The van der Waals surface area contributed by atoms with Gasteiger partial charge in [0.2, 0.25) is 0 Å². The molecule has 6 heteroatoms. The SMILES string of the molecule is Nc1cnc(C(=O)N2CCN(C3CCCC3)CC2)cn1. The fourth-order valence-electron chi connectivity index (χ4n) is 3.17. The summed E-state index contributed by atoms with van der Waals surface area (Å²) in [6.07, 6.45) is 8.23. The van der Waals surface area contributed by atoms with Crippen LogP contribution in [0.3, 0.4) is 0 Å². The van der Waals surface area contributed by atoms with Gasteiger partial charge < -0.3 is 10.6 Å². The Hall–Kier alpha value is -1.69. The minimum atomic E-state index is -0.0384. The van der Waals surface area contributed by atoms with Gasteiger partial charge in [-0.25, -0.2) is 9.97 Å². The van der Waals surface area contributed by atoms with Gasteiger partial charge in [-0.1, -0.05) is 12.8 Å². The second-order valence-electron chi connectivity index (χ2n) is 5.59. The third-order valence-corrected chi connectivity index (χ3v) is 4.33. The predicted octanol–water partition coefficient (Wildman–Crippen LogP) is 0.759. The zero-order valence-electron chi connectivity index (χ0n) is 11.7. The number of amides is 1. The van der Waals surface area contributed by atoms with Crippen LogP contribution in [0, 0.1) is 0 Å². The smallest absolute Gasteiger partial charge is 0.274 e. The average molecular weight is 275 g/mol. The van der Waals surface area contributed by atoms with Gasteiger partial charge in [-0.15, -0.1) is 0 Å². The molecule has 0 aromatic carbocycles. The molecule has 1 amide bonds. The summed E-state index contributed by atoms with van der Waals surface area (Å²) in [5, 5.41) is 0. The van der Waals surface area contributed by atoms with Gasteiger partial charge in [0.15, 0.2) is 0 Å². The minimum absolute atomic E-state index is 0.0384. The van der Waals surface area contributed by atoms with E-state index in [1.54, 1.807) is 0 Å². The molecule has 0 spiro atoms. The third-order valence-electron chi connectivity index (χ3n) is 4.33. The van der Waals surface area contributed by atoms with Crippen LogP contribution in [0.25, 0.3) is 0 Å². The van der Waals surface area contributed by atoms with Gasteiger partial charge in [-0.2, -0.15) is 0 Å². The summed E-state index contributed by atoms with van der Waals surface area (Å²) in [4.78, 5) is 24.7. The molecule has 108 valence electrons. The van der Waals surface area contributed by atoms with Gasteiger partial charge in [0.05, 0.1) is 12.4 Å². The van der Waals surface area contributed by atoms with E-state index in [2.05, 4.69) is 14.9 Å². The monoisotopic (exact) mass is 275 g/mol. The van der Waals surface area contributed by atoms with Crippen molar-refractivity contribution in [3.8, 4) is 0 Å². The number of nitrogens with zero attached hydrogens (tertiary/aromatic N) is 4. The number of carbonyl (C=O) groups excluding carboxylic acids is 1. The largest absolute Gasteiger partial charge is 0.382 e. The first-order valence-corrected chi connectivity index (χ1v) is 7.35. The molecule has 0 bridgehead atoms. The van der Waals surface area contributed by atoms with Gasteiger partial charge in [0, 0.05) is 32.2 Å². The first-order valence-electron chi connectivity index (χ1n) is 7.35. The maximum absolute atomic E-state index is 12.3. The lowest BCUT2D eigenvalue weighted by molar-refractivity contribution is 0.0567. The van der Waals surface area contributed by atoms with Crippen LogP contribution in [0.4, 0.5) is 5.82 Å². The molecular formula is C14H21N5O. The molecule has 0 unspecified atom stereocenters. The lowest BCUT2D eigenvalue weighted by atomic mass is 10.2. The first-order chi connectivity index (χ1) is 9.74. The van der Waals surface area contributed by atoms with Gasteiger partial charge in [-0.3, -0.25) is 9.69 Å². The number of hydrogen-bond donors (Lipinski definition) is 1. The van der Waals surface area contributed by atoms with E-state index in [9.17, 15) is 4.79 Å². The molecule has 1 aromatic rings. The van der Waals surface area contributed by atoms with E-state index in [0.29, 0.717) is 11.5 Å². The highest BCUT2D eigenvalue weighted by molar-refractivity contribution is 5.92. The Morgan fingerprint density at radius 2 is 1.80 bits per heavy atom. The Bertz CT molecular complexity index is 461. The number of piperazine rings is 1. The molecule has 2 N–H and O–H groups in total. The van der Waals surface area contributed by atoms with Crippen LogP contribution in [0.2, 0.25) is 0 Å². The molecule has 3 rings (SSSR count). The first kappa shape index (κ1) is 13.3. The van der Waals surface area contributed by atoms with Crippen LogP contribution in [0.1, 0.15) is 36.2 Å². The van der Waals surface area contributed by atoms with Gasteiger partial charge in [0.25, 0.3) is 5.91 Å². The second kappa shape index (κ2) is 5.75. The number of hydrogen-bond acceptors (Lipinski definition) is 5. The highest BCUT2D eigenvalue weighted by Crippen LogP contribution is 2.24. The third kappa shape index (κ3) is 2.75. The number of carbonyl (C=O) groups is 1. The Balaban J connectivity index is 1.57. The number of anilines is 1. The van der Waals surface area contributed by atoms with E-state index in [1.807, 2.05) is 4.90 Å². The van der Waals surface area contributed by atoms with E-state index >= 15 is 0 Å². The van der Waals surface area contributed by atoms with Crippen LogP contribution in [-0.2, 0) is 0 Å². The number of rotatable bonds is 2. The van der Waals surface area contributed by atoms with Crippen LogP contribution >= 0.6 is 0 Å². The van der Waals surface area contributed by atoms with Crippen molar-refractivity contribution in [2.45, 2.75) is 31.7 Å². The summed E-state index contributed by atoms with van der Waals surface area (Å²) in [7, 11) is 0. The number of nitrogens with two attached hydrogens (primary N) is 1. The van der Waals surface area contributed by atoms with E-state index in [0.717, 1.165) is 32.2 Å². The molecule has 20 heavy (non-hydrogen) atoms. The number of aromatic nitrogens is 2. The molecule has 1 saturated heterocycles. The van der Waals surface area contributed by atoms with E-state index < -0.39 is 0 Å². The van der Waals surface area contributed by atoms with Crippen molar-refractivity contribution >= 4 is 11.7 Å². The predicted molar refractivity (Wildman–Crippen MR) is 76.2 cm³/mol. The normalized spacial score (nSPS) is 21.3. The fourth-order valence-corrected chi connectivity index (χ4v) is 3.17. The minimum Gasteiger partial charge on any atom is -0.382 e. The molecule has 1 aliphatic heterocycles. The van der Waals surface area contributed by atoms with Crippen LogP contribution < -0.4 is 5.73 Å². The van der Waals surface area contributed by atoms with Gasteiger partial charge in [0.1, 0.15) is 11.5 Å². The van der Waals surface area contributed by atoms with E-state index in [4.69, 9.17) is 5.73 Å². The van der Waals surface area contributed by atoms with Crippen molar-refractivity contribution in [2.24, 2.45) is 0 Å². The molecule has 1 aromatic heterocycles. The lowest BCUT2D eigenvalue weighted by Gasteiger charge is -2.37. The van der Waals surface area contributed by atoms with Crippen molar-refractivity contribution in [1.82, 2.24) is 19.8 Å². The molecule has 2 fully saturated rings. The van der Waals surface area contributed by atoms with Gasteiger partial charge in [-0.05, 0) is 12.8 Å². The Kier molecular flexibility index (Phi) is 3.82. The van der Waals surface area contributed by atoms with Gasteiger partial charge >= 0.3 is 0 Å². The topological polar surface area (TPSA) is 75.3 Å². The van der Waals surface area contributed by atoms with E-state index in [1.165, 1.54) is 38.1 Å². The fraction of sp³-hybridized carbons (Fsp3) is 0.643. The molecule has 0 atom stereocenters. The van der Waals surface area contributed by atoms with Crippen molar-refractivity contribution in [3.63, 3.8) is 0 Å². The lowest BCUT2D eigenvalue weighted by Crippen LogP contribution is -2.51. The molecule has 2 heterocycles. The number of nitrogen functional groups attached to an aromatic ring is 1. The Morgan fingerprint density at radius 1 is 1.10 bits per heavy atom. The maximum Gasteiger partial charge on any atom is 0.274 e. The summed E-state index contributed by atoms with van der Waals surface area (Å²) in [5.74, 6) is 0.302. The average Bonchev–Trinajstić information content (AvgIpc) is 3.02. The summed E-state index contributed by atoms with van der Waals surface area (Å²) in [6, 6.07) is 0.739. The summed E-state index contributed by atoms with van der Waals surface area (Å²) in [6.45, 7) is 3.50. The Morgan fingerprint density at radius 3 is 2.40 bits per heavy atom. The zero-order valence-corrected chi connectivity index (χ0v) is 11.7. The van der Waals surface area contributed by atoms with Crippen molar-refractivity contribution in [1.29, 1.82) is 0 Å². The molecule has 1 saturated carbocycles. The summed E-state index contributed by atoms with van der Waals surface area (Å²) < 4.78 is 0. The highest BCUT2D eigenvalue weighted by atomic mass is 16.2. The summed E-state index contributed by atoms with van der Waals surface area (Å²) >= 11 is 0. The van der Waals surface area contributed by atoms with E-state index in [-0.39, 0.29) is 5.91 Å². The molecule has 6 nitrogen and oxygen atoms in total. The Labute approximate surface area is 119 Å². The van der Waals surface area contributed by atoms with Crippen molar-refractivity contribution in [2.75, 3.05) is 31.9 Å². The highest BCUT2D eigenvalue weighted by Gasteiger charge is 2.28. The van der Waals surface area contributed by atoms with Crippen molar-refractivity contribution in [3.05, 3.63) is 18.1 Å². The molecule has 2 aliphatic rings.